The van der Waals surface area contributed by atoms with Gasteiger partial charge in [-0.1, -0.05) is 26.5 Å². The zero-order chi connectivity index (χ0) is 21.7. The molecular formula is C24H23N5O. The van der Waals surface area contributed by atoms with Gasteiger partial charge in [0.15, 0.2) is 5.65 Å². The van der Waals surface area contributed by atoms with E-state index in [1.165, 1.54) is 6.20 Å². The molecule has 4 aromatic rings. The lowest BCUT2D eigenvalue weighted by Gasteiger charge is -2.09. The minimum absolute atomic E-state index is 0.494. The fourth-order valence-corrected chi connectivity index (χ4v) is 3.21. The van der Waals surface area contributed by atoms with Crippen molar-refractivity contribution in [3.05, 3.63) is 72.2 Å². The van der Waals surface area contributed by atoms with Crippen molar-refractivity contribution in [1.82, 2.24) is 19.6 Å². The highest BCUT2D eigenvalue weighted by Gasteiger charge is 2.14. The van der Waals surface area contributed by atoms with Crippen LogP contribution in [-0.4, -0.2) is 26.7 Å². The van der Waals surface area contributed by atoms with Crippen molar-refractivity contribution in [2.75, 3.05) is 7.11 Å². The zero-order valence-electron chi connectivity index (χ0n) is 17.5. The molecule has 0 N–H and O–H groups in total. The first-order valence-electron chi connectivity index (χ1n) is 9.67. The van der Waals surface area contributed by atoms with Gasteiger partial charge in [0.05, 0.1) is 29.8 Å². The van der Waals surface area contributed by atoms with Gasteiger partial charge in [-0.15, -0.1) is 0 Å². The number of hydrogen-bond donors (Lipinski definition) is 0. The van der Waals surface area contributed by atoms with Crippen molar-refractivity contribution < 1.29 is 4.74 Å². The van der Waals surface area contributed by atoms with Gasteiger partial charge < -0.3 is 4.74 Å². The number of rotatable bonds is 4. The molecule has 0 aliphatic carbocycles. The lowest BCUT2D eigenvalue weighted by Crippen LogP contribution is -1.98. The Hall–Kier alpha value is -3.98. The van der Waals surface area contributed by atoms with Crippen molar-refractivity contribution in [2.45, 2.75) is 20.8 Å². The van der Waals surface area contributed by atoms with E-state index in [9.17, 15) is 5.26 Å². The van der Waals surface area contributed by atoms with Crippen LogP contribution in [0.5, 0.6) is 5.75 Å². The van der Waals surface area contributed by atoms with Gasteiger partial charge in [-0.05, 0) is 43.3 Å². The van der Waals surface area contributed by atoms with E-state index in [-0.39, 0.29) is 0 Å². The third-order valence-electron chi connectivity index (χ3n) is 4.54. The number of fused-ring (bicyclic) bond motifs is 1. The number of ether oxygens (including phenoxy) is 1. The van der Waals surface area contributed by atoms with Crippen molar-refractivity contribution in [1.29, 1.82) is 5.26 Å². The fourth-order valence-electron chi connectivity index (χ4n) is 3.21. The van der Waals surface area contributed by atoms with Crippen LogP contribution < -0.4 is 4.74 Å². The molecule has 0 radical (unpaired) electrons. The summed E-state index contributed by atoms with van der Waals surface area (Å²) in [5, 5.41) is 14.0. The number of nitriles is 1. The summed E-state index contributed by atoms with van der Waals surface area (Å²) < 4.78 is 7.15. The minimum atomic E-state index is 0.494. The average Bonchev–Trinajstić information content (AvgIpc) is 3.14. The van der Waals surface area contributed by atoms with E-state index < -0.39 is 0 Å². The number of methoxy groups -OCH3 is 1. The Morgan fingerprint density at radius 2 is 1.90 bits per heavy atom. The molecule has 0 bridgehead atoms. The molecule has 0 fully saturated rings. The number of aryl methyl sites for hydroxylation is 1. The first kappa shape index (κ1) is 20.7. The molecule has 6 nitrogen and oxygen atoms in total. The van der Waals surface area contributed by atoms with E-state index in [0.717, 1.165) is 45.2 Å². The van der Waals surface area contributed by atoms with Crippen molar-refractivity contribution in [3.8, 4) is 34.3 Å². The van der Waals surface area contributed by atoms with Crippen LogP contribution in [0.1, 0.15) is 30.7 Å². The molecule has 0 saturated heterocycles. The molecule has 0 saturated carbocycles. The topological polar surface area (TPSA) is 76.1 Å². The number of imidazole rings is 1. The molecule has 3 aromatic heterocycles. The number of pyridine rings is 1. The second-order valence-electron chi connectivity index (χ2n) is 6.27. The molecule has 0 unspecified atom stereocenters. The maximum absolute atomic E-state index is 9.18. The number of hydrogen-bond acceptors (Lipinski definition) is 5. The summed E-state index contributed by atoms with van der Waals surface area (Å²) >= 11 is 0. The Labute approximate surface area is 176 Å². The highest BCUT2D eigenvalue weighted by atomic mass is 16.5. The summed E-state index contributed by atoms with van der Waals surface area (Å²) in [5.74, 6) is 0.762. The Bertz CT molecular complexity index is 1250. The van der Waals surface area contributed by atoms with Crippen molar-refractivity contribution in [2.24, 2.45) is 0 Å². The van der Waals surface area contributed by atoms with Crippen molar-refractivity contribution in [3.63, 3.8) is 0 Å². The van der Waals surface area contributed by atoms with E-state index in [4.69, 9.17) is 9.84 Å². The van der Waals surface area contributed by atoms with Gasteiger partial charge in [-0.3, -0.25) is 4.98 Å². The number of benzene rings is 1. The Balaban J connectivity index is 0.00000124. The molecule has 4 rings (SSSR count). The van der Waals surface area contributed by atoms with Crippen LogP contribution in [0.3, 0.4) is 0 Å². The second kappa shape index (κ2) is 9.01. The highest BCUT2D eigenvalue weighted by molar-refractivity contribution is 5.71. The third-order valence-corrected chi connectivity index (χ3v) is 4.54. The Morgan fingerprint density at radius 3 is 2.60 bits per heavy atom. The molecule has 0 spiro atoms. The maximum atomic E-state index is 9.18. The van der Waals surface area contributed by atoms with Crippen LogP contribution in [0.15, 0.2) is 55.4 Å². The molecule has 150 valence electrons. The normalized spacial score (nSPS) is 10.1. The third kappa shape index (κ3) is 3.78. The van der Waals surface area contributed by atoms with Crippen LogP contribution in [0.4, 0.5) is 0 Å². The summed E-state index contributed by atoms with van der Waals surface area (Å²) in [5.41, 5.74) is 6.30. The predicted octanol–water partition coefficient (Wildman–Crippen LogP) is 5.32. The van der Waals surface area contributed by atoms with Crippen LogP contribution in [0, 0.1) is 18.3 Å². The van der Waals surface area contributed by atoms with Crippen LogP contribution >= 0.6 is 0 Å². The SMILES string of the molecule is C=Cc1cc(-c2ccc3nc(C)c(-c4cncc(C#N)c4)n3n2)ccc1OC.CC. The lowest BCUT2D eigenvalue weighted by atomic mass is 10.1. The van der Waals surface area contributed by atoms with Gasteiger partial charge in [0.2, 0.25) is 0 Å². The number of aromatic nitrogens is 4. The molecule has 30 heavy (non-hydrogen) atoms. The fraction of sp³-hybridized carbons (Fsp3) is 0.167. The van der Waals surface area contributed by atoms with Crippen LogP contribution in [0.2, 0.25) is 0 Å². The lowest BCUT2D eigenvalue weighted by molar-refractivity contribution is 0.414. The van der Waals surface area contributed by atoms with Gasteiger partial charge >= 0.3 is 0 Å². The van der Waals surface area contributed by atoms with E-state index >= 15 is 0 Å². The van der Waals surface area contributed by atoms with Crippen LogP contribution in [-0.2, 0) is 0 Å². The van der Waals surface area contributed by atoms with Crippen LogP contribution in [0.25, 0.3) is 34.2 Å². The predicted molar refractivity (Wildman–Crippen MR) is 119 cm³/mol. The van der Waals surface area contributed by atoms with Gasteiger partial charge in [0.1, 0.15) is 11.8 Å². The monoisotopic (exact) mass is 397 g/mol. The molecule has 0 amide bonds. The summed E-state index contributed by atoms with van der Waals surface area (Å²) in [6.45, 7) is 9.77. The summed E-state index contributed by atoms with van der Waals surface area (Å²) in [6.07, 6.45) is 5.01. The molecule has 0 atom stereocenters. The quantitative estimate of drug-likeness (QED) is 0.466. The van der Waals surface area contributed by atoms with Gasteiger partial charge in [0.25, 0.3) is 0 Å². The zero-order valence-corrected chi connectivity index (χ0v) is 17.5. The first-order chi connectivity index (χ1) is 14.6. The molecule has 1 aromatic carbocycles. The van der Waals surface area contributed by atoms with E-state index in [2.05, 4.69) is 22.6 Å². The Kier molecular flexibility index (Phi) is 6.23. The summed E-state index contributed by atoms with van der Waals surface area (Å²) in [7, 11) is 1.64. The van der Waals surface area contributed by atoms with Gasteiger partial charge in [-0.2, -0.15) is 10.4 Å². The van der Waals surface area contributed by atoms with Gasteiger partial charge in [-0.25, -0.2) is 9.50 Å². The minimum Gasteiger partial charge on any atom is -0.496 e. The van der Waals surface area contributed by atoms with E-state index in [0.29, 0.717) is 5.56 Å². The summed E-state index contributed by atoms with van der Waals surface area (Å²) in [4.78, 5) is 8.76. The standard InChI is InChI=1S/C22H17N5O.C2H6/c1-4-16-10-17(5-7-20(16)28-3)19-6-8-21-25-14(2)22(27(21)26-19)18-9-15(11-23)12-24-13-18;1-2/h4-10,12-13H,1H2,2-3H3;1-2H3. The highest BCUT2D eigenvalue weighted by Crippen LogP contribution is 2.29. The largest absolute Gasteiger partial charge is 0.496 e. The van der Waals surface area contributed by atoms with Gasteiger partial charge in [0, 0.05) is 29.1 Å². The maximum Gasteiger partial charge on any atom is 0.154 e. The molecule has 6 heteroatoms. The number of nitrogens with zero attached hydrogens (tertiary/aromatic N) is 5. The molecule has 0 aliphatic rings. The second-order valence-corrected chi connectivity index (χ2v) is 6.27. The average molecular weight is 397 g/mol. The summed E-state index contributed by atoms with van der Waals surface area (Å²) in [6, 6.07) is 13.6. The van der Waals surface area contributed by atoms with E-state index in [1.54, 1.807) is 30.0 Å². The molecular weight excluding hydrogens is 374 g/mol. The Morgan fingerprint density at radius 1 is 1.10 bits per heavy atom. The molecule has 0 aliphatic heterocycles. The molecule has 3 heterocycles. The smallest absolute Gasteiger partial charge is 0.154 e. The van der Waals surface area contributed by atoms with E-state index in [1.807, 2.05) is 51.1 Å². The first-order valence-corrected chi connectivity index (χ1v) is 9.67. The van der Waals surface area contributed by atoms with Crippen molar-refractivity contribution >= 4 is 11.7 Å².